The number of aryl methyl sites for hydroxylation is 2. The van der Waals surface area contributed by atoms with Crippen LogP contribution in [-0.4, -0.2) is 81.4 Å². The molecule has 152 valence electrons. The van der Waals surface area contributed by atoms with Gasteiger partial charge >= 0.3 is 6.09 Å². The number of aliphatic hydroxyl groups is 1. The van der Waals surface area contributed by atoms with Gasteiger partial charge in [-0.15, -0.1) is 0 Å². The maximum absolute atomic E-state index is 11.7. The Kier molecular flexibility index (Phi) is 8.84. The summed E-state index contributed by atoms with van der Waals surface area (Å²) in [6, 6.07) is 6.06. The van der Waals surface area contributed by atoms with Crippen molar-refractivity contribution in [3.05, 3.63) is 29.3 Å². The van der Waals surface area contributed by atoms with Crippen LogP contribution in [0.4, 0.5) is 4.79 Å². The van der Waals surface area contributed by atoms with E-state index < -0.39 is 6.10 Å². The first-order valence-electron chi connectivity index (χ1n) is 9.71. The third-order valence-corrected chi connectivity index (χ3v) is 4.71. The molecule has 0 spiro atoms. The van der Waals surface area contributed by atoms with E-state index >= 15 is 0 Å². The molecule has 2 rings (SSSR count). The second-order valence-electron chi connectivity index (χ2n) is 6.94. The molecule has 0 bridgehead atoms. The molecule has 1 amide bonds. The highest BCUT2D eigenvalue weighted by molar-refractivity contribution is 5.67. The van der Waals surface area contributed by atoms with Gasteiger partial charge in [0.25, 0.3) is 0 Å². The molecule has 1 atom stereocenters. The van der Waals surface area contributed by atoms with Gasteiger partial charge in [-0.3, -0.25) is 4.90 Å². The quantitative estimate of drug-likeness (QED) is 0.607. The Morgan fingerprint density at radius 2 is 1.89 bits per heavy atom. The average Bonchev–Trinajstić information content (AvgIpc) is 2.64. The molecule has 1 heterocycles. The van der Waals surface area contributed by atoms with Gasteiger partial charge in [0, 0.05) is 0 Å². The second-order valence-corrected chi connectivity index (χ2v) is 6.94. The van der Waals surface area contributed by atoms with E-state index in [0.717, 1.165) is 30.0 Å². The summed E-state index contributed by atoms with van der Waals surface area (Å²) in [5.74, 6) is 0.908. The summed E-state index contributed by atoms with van der Waals surface area (Å²) in [6.07, 6.45) is -0.765. The number of hydrogen-bond acceptors (Lipinski definition) is 5. The highest BCUT2D eigenvalue weighted by Gasteiger charge is 2.25. The molecule has 1 aromatic rings. The summed E-state index contributed by atoms with van der Waals surface area (Å²) in [7, 11) is 0. The molecule has 1 aliphatic heterocycles. The van der Waals surface area contributed by atoms with E-state index in [9.17, 15) is 9.90 Å². The van der Waals surface area contributed by atoms with Crippen molar-refractivity contribution in [2.45, 2.75) is 26.9 Å². The number of hydrogen-bond donors (Lipinski definition) is 2. The summed E-state index contributed by atoms with van der Waals surface area (Å²) in [5.41, 5.74) is 2.22. The van der Waals surface area contributed by atoms with Crippen LogP contribution < -0.4 is 9.64 Å². The minimum Gasteiger partial charge on any atom is -0.491 e. The molecule has 1 fully saturated rings. The minimum absolute atomic E-state index is 0.246. The Labute approximate surface area is 161 Å². The number of para-hydroxylation sites is 1. The molecule has 1 aromatic carbocycles. The van der Waals surface area contributed by atoms with E-state index in [1.165, 1.54) is 4.90 Å². The number of benzene rings is 1. The number of rotatable bonds is 9. The Bertz CT molecular complexity index is 567. The highest BCUT2D eigenvalue weighted by Crippen LogP contribution is 2.21. The number of piperazine rings is 1. The molecule has 1 aliphatic rings. The van der Waals surface area contributed by atoms with Crippen LogP contribution in [0.1, 0.15) is 18.1 Å². The maximum Gasteiger partial charge on any atom is 0.410 e. The molecule has 0 unspecified atom stereocenters. The average molecular weight is 381 g/mol. The van der Waals surface area contributed by atoms with Gasteiger partial charge in [0.05, 0.1) is 46.0 Å². The molecule has 1 saturated heterocycles. The predicted octanol–water partition coefficient (Wildman–Crippen LogP) is 0.417. The highest BCUT2D eigenvalue weighted by atomic mass is 16.6. The molecular formula is C20H33N2O5+. The van der Waals surface area contributed by atoms with Crippen molar-refractivity contribution in [3.63, 3.8) is 0 Å². The largest absolute Gasteiger partial charge is 0.491 e. The van der Waals surface area contributed by atoms with Crippen LogP contribution in [0, 0.1) is 13.8 Å². The molecule has 27 heavy (non-hydrogen) atoms. The number of nitrogens with one attached hydrogen (secondary N) is 1. The van der Waals surface area contributed by atoms with E-state index in [1.54, 1.807) is 4.90 Å². The zero-order valence-electron chi connectivity index (χ0n) is 16.7. The molecule has 7 nitrogen and oxygen atoms in total. The van der Waals surface area contributed by atoms with Gasteiger partial charge in [0.15, 0.2) is 0 Å². The second kappa shape index (κ2) is 11.1. The van der Waals surface area contributed by atoms with Gasteiger partial charge in [0.2, 0.25) is 0 Å². The zero-order chi connectivity index (χ0) is 19.6. The third-order valence-electron chi connectivity index (χ3n) is 4.71. The number of quaternary nitrogens is 1. The summed E-state index contributed by atoms with van der Waals surface area (Å²) in [6.45, 7) is 11.0. The fourth-order valence-corrected chi connectivity index (χ4v) is 3.27. The molecule has 7 heteroatoms. The van der Waals surface area contributed by atoms with Gasteiger partial charge in [-0.1, -0.05) is 18.2 Å². The Hall–Kier alpha value is -1.83. The van der Waals surface area contributed by atoms with Gasteiger partial charge in [-0.05, 0) is 31.9 Å². The van der Waals surface area contributed by atoms with Crippen molar-refractivity contribution in [1.82, 2.24) is 4.90 Å². The lowest BCUT2D eigenvalue weighted by atomic mass is 10.1. The van der Waals surface area contributed by atoms with Crippen LogP contribution in [-0.2, 0) is 9.47 Å². The van der Waals surface area contributed by atoms with Crippen molar-refractivity contribution >= 4 is 6.09 Å². The van der Waals surface area contributed by atoms with Crippen molar-refractivity contribution in [3.8, 4) is 5.75 Å². The number of ether oxygens (including phenoxy) is 3. The number of carbonyl (C=O) groups is 1. The van der Waals surface area contributed by atoms with Crippen LogP contribution in [0.2, 0.25) is 0 Å². The molecule has 0 saturated carbocycles. The lowest BCUT2D eigenvalue weighted by Gasteiger charge is -2.32. The fraction of sp³-hybridized carbons (Fsp3) is 0.650. The lowest BCUT2D eigenvalue weighted by molar-refractivity contribution is -0.907. The lowest BCUT2D eigenvalue weighted by Crippen LogP contribution is -3.15. The standard InChI is InChI=1S/C20H32N2O5/c1-4-26-20(24)22-10-8-21(9-11-22)14-18(23)15-25-12-13-27-19-16(2)6-5-7-17(19)3/h5-7,18,23H,4,8-15H2,1-3H3/p+1/t18-/m0/s1. The van der Waals surface area contributed by atoms with Gasteiger partial charge < -0.3 is 24.2 Å². The van der Waals surface area contributed by atoms with Crippen LogP contribution in [0.15, 0.2) is 18.2 Å². The normalized spacial score (nSPS) is 16.2. The van der Waals surface area contributed by atoms with Crippen molar-refractivity contribution in [1.29, 1.82) is 0 Å². The van der Waals surface area contributed by atoms with Gasteiger partial charge in [-0.2, -0.15) is 0 Å². The number of aliphatic hydroxyl groups excluding tert-OH is 1. The Balaban J connectivity index is 1.58. The van der Waals surface area contributed by atoms with Gasteiger partial charge in [-0.25, -0.2) is 4.79 Å². The van der Waals surface area contributed by atoms with Crippen molar-refractivity contribution in [2.75, 3.05) is 59.2 Å². The van der Waals surface area contributed by atoms with Crippen LogP contribution in [0.3, 0.4) is 0 Å². The number of nitrogens with zero attached hydrogens (tertiary/aromatic N) is 1. The van der Waals surface area contributed by atoms with E-state index in [0.29, 0.717) is 46.1 Å². The third kappa shape index (κ3) is 7.01. The number of carbonyl (C=O) groups excluding carboxylic acids is 1. The van der Waals surface area contributed by atoms with Crippen LogP contribution >= 0.6 is 0 Å². The van der Waals surface area contributed by atoms with Crippen LogP contribution in [0.25, 0.3) is 0 Å². The number of amides is 1. The zero-order valence-corrected chi connectivity index (χ0v) is 16.7. The first kappa shape index (κ1) is 21.5. The molecular weight excluding hydrogens is 348 g/mol. The van der Waals surface area contributed by atoms with Crippen LogP contribution in [0.5, 0.6) is 5.75 Å². The molecule has 2 N–H and O–H groups in total. The summed E-state index contributed by atoms with van der Waals surface area (Å²) in [5, 5.41) is 10.2. The maximum atomic E-state index is 11.7. The molecule has 0 aliphatic carbocycles. The Morgan fingerprint density at radius 3 is 2.52 bits per heavy atom. The fourth-order valence-electron chi connectivity index (χ4n) is 3.27. The minimum atomic E-state index is -0.519. The topological polar surface area (TPSA) is 72.7 Å². The molecule has 0 radical (unpaired) electrons. The summed E-state index contributed by atoms with van der Waals surface area (Å²) < 4.78 is 16.4. The molecule has 0 aromatic heterocycles. The van der Waals surface area contributed by atoms with E-state index in [4.69, 9.17) is 14.2 Å². The first-order valence-corrected chi connectivity index (χ1v) is 9.71. The SMILES string of the molecule is CCOC(=O)N1CC[NH+](C[C@H](O)COCCOc2c(C)cccc2C)CC1. The van der Waals surface area contributed by atoms with Crippen molar-refractivity contribution in [2.24, 2.45) is 0 Å². The smallest absolute Gasteiger partial charge is 0.410 e. The predicted molar refractivity (Wildman–Crippen MR) is 102 cm³/mol. The van der Waals surface area contributed by atoms with Gasteiger partial charge in [0.1, 0.15) is 25.0 Å². The van der Waals surface area contributed by atoms with Crippen molar-refractivity contribution < 1.29 is 29.0 Å². The monoisotopic (exact) mass is 381 g/mol. The summed E-state index contributed by atoms with van der Waals surface area (Å²) >= 11 is 0. The Morgan fingerprint density at radius 1 is 1.22 bits per heavy atom. The summed E-state index contributed by atoms with van der Waals surface area (Å²) in [4.78, 5) is 14.7. The van der Waals surface area contributed by atoms with E-state index in [1.807, 2.05) is 39.0 Å². The van der Waals surface area contributed by atoms with E-state index in [2.05, 4.69) is 0 Å². The van der Waals surface area contributed by atoms with E-state index in [-0.39, 0.29) is 6.09 Å². The first-order chi connectivity index (χ1) is 13.0.